The molecule has 0 saturated heterocycles. The van der Waals surface area contributed by atoms with Gasteiger partial charge in [-0.05, 0) is 54.4 Å². The van der Waals surface area contributed by atoms with Crippen LogP contribution in [0.3, 0.4) is 0 Å². The number of hydrogen-bond acceptors (Lipinski definition) is 3. The highest BCUT2D eigenvalue weighted by molar-refractivity contribution is 7.92. The molecule has 3 aromatic rings. The summed E-state index contributed by atoms with van der Waals surface area (Å²) in [6.45, 7) is 0.896. The van der Waals surface area contributed by atoms with E-state index in [-0.39, 0.29) is 27.7 Å². The molecule has 0 fully saturated rings. The van der Waals surface area contributed by atoms with Crippen molar-refractivity contribution in [1.29, 1.82) is 0 Å². The molecule has 0 spiro atoms. The molecular formula is C23H20ClF3N2O3S. The molecule has 0 bridgehead atoms. The number of carbonyl (C=O) groups excluding carboxylic acids is 1. The molecule has 0 unspecified atom stereocenters. The number of nitrogens with zero attached hydrogens (tertiary/aromatic N) is 1. The van der Waals surface area contributed by atoms with E-state index in [2.05, 4.69) is 5.32 Å². The lowest BCUT2D eigenvalue weighted by atomic mass is 10.1. The fourth-order valence-corrected chi connectivity index (χ4v) is 4.78. The molecule has 0 aliphatic heterocycles. The highest BCUT2D eigenvalue weighted by Gasteiger charge is 2.31. The van der Waals surface area contributed by atoms with Crippen LogP contribution in [0.5, 0.6) is 0 Å². The smallest absolute Gasteiger partial charge is 0.350 e. The molecule has 1 N–H and O–H groups in total. The summed E-state index contributed by atoms with van der Waals surface area (Å²) in [5, 5.41) is 2.78. The number of amides is 1. The summed E-state index contributed by atoms with van der Waals surface area (Å²) in [5.41, 5.74) is 0.191. The Kier molecular flexibility index (Phi) is 7.34. The van der Waals surface area contributed by atoms with E-state index in [9.17, 15) is 26.4 Å². The lowest BCUT2D eigenvalue weighted by molar-refractivity contribution is -0.137. The number of alkyl halides is 3. The Bertz CT molecular complexity index is 1250. The second-order valence-corrected chi connectivity index (χ2v) is 9.53. The molecule has 0 saturated carbocycles. The maximum Gasteiger partial charge on any atom is 0.416 e. The summed E-state index contributed by atoms with van der Waals surface area (Å²) in [6.07, 6.45) is -4.51. The standard InChI is InChI=1S/C23H20ClF3N2O3S/c1-16-10-11-19(24)13-21(16)29(33(31,32)20-8-3-2-4-9-20)15-22(30)28-14-17-6-5-7-18(12-17)23(25,26)27/h2-13H,14-15H2,1H3,(H,28,30). The minimum absolute atomic E-state index is 0.0185. The molecule has 5 nitrogen and oxygen atoms in total. The van der Waals surface area contributed by atoms with E-state index >= 15 is 0 Å². The average molecular weight is 497 g/mol. The minimum Gasteiger partial charge on any atom is -0.350 e. The molecule has 0 aromatic heterocycles. The Balaban J connectivity index is 1.86. The topological polar surface area (TPSA) is 66.5 Å². The predicted molar refractivity (Wildman–Crippen MR) is 120 cm³/mol. The lowest BCUT2D eigenvalue weighted by Gasteiger charge is -2.26. The van der Waals surface area contributed by atoms with Crippen LogP contribution in [0.2, 0.25) is 5.02 Å². The number of sulfonamides is 1. The summed E-state index contributed by atoms with van der Waals surface area (Å²) >= 11 is 6.07. The van der Waals surface area contributed by atoms with Gasteiger partial charge in [0.25, 0.3) is 10.0 Å². The summed E-state index contributed by atoms with van der Waals surface area (Å²) in [7, 11) is -4.13. The molecule has 10 heteroatoms. The monoisotopic (exact) mass is 496 g/mol. The average Bonchev–Trinajstić information content (AvgIpc) is 2.78. The van der Waals surface area contributed by atoms with Crippen molar-refractivity contribution in [2.24, 2.45) is 0 Å². The van der Waals surface area contributed by atoms with Crippen LogP contribution in [-0.4, -0.2) is 20.9 Å². The third-order valence-corrected chi connectivity index (χ3v) is 6.81. The number of hydrogen-bond donors (Lipinski definition) is 1. The first-order chi connectivity index (χ1) is 15.5. The summed E-state index contributed by atoms with van der Waals surface area (Å²) in [6, 6.07) is 16.8. The van der Waals surface area contributed by atoms with Gasteiger partial charge in [-0.2, -0.15) is 13.2 Å². The SMILES string of the molecule is Cc1ccc(Cl)cc1N(CC(=O)NCc1cccc(C(F)(F)F)c1)S(=O)(=O)c1ccccc1. The van der Waals surface area contributed by atoms with Gasteiger partial charge in [-0.3, -0.25) is 9.10 Å². The largest absolute Gasteiger partial charge is 0.416 e. The van der Waals surface area contributed by atoms with Crippen molar-refractivity contribution in [3.63, 3.8) is 0 Å². The quantitative estimate of drug-likeness (QED) is 0.490. The first-order valence-corrected chi connectivity index (χ1v) is 11.6. The van der Waals surface area contributed by atoms with Crippen LogP contribution >= 0.6 is 11.6 Å². The Morgan fingerprint density at radius 2 is 1.70 bits per heavy atom. The van der Waals surface area contributed by atoms with Gasteiger partial charge < -0.3 is 5.32 Å². The molecular weight excluding hydrogens is 477 g/mol. The number of rotatable bonds is 7. The van der Waals surface area contributed by atoms with Crippen LogP contribution < -0.4 is 9.62 Å². The van der Waals surface area contributed by atoms with Gasteiger partial charge in [-0.1, -0.05) is 48.0 Å². The first kappa shape index (κ1) is 24.6. The maximum absolute atomic E-state index is 13.3. The fraction of sp³-hybridized carbons (Fsp3) is 0.174. The Morgan fingerprint density at radius 1 is 1.00 bits per heavy atom. The van der Waals surface area contributed by atoms with Gasteiger partial charge >= 0.3 is 6.18 Å². The van der Waals surface area contributed by atoms with Gasteiger partial charge in [0.05, 0.1) is 16.1 Å². The van der Waals surface area contributed by atoms with E-state index in [4.69, 9.17) is 11.6 Å². The Labute approximate surface area is 194 Å². The molecule has 0 aliphatic rings. The van der Waals surface area contributed by atoms with Gasteiger partial charge in [0, 0.05) is 11.6 Å². The zero-order valence-electron chi connectivity index (χ0n) is 17.4. The predicted octanol–water partition coefficient (Wildman–Crippen LogP) is 5.18. The Hall–Kier alpha value is -3.04. The highest BCUT2D eigenvalue weighted by atomic mass is 35.5. The molecule has 3 aromatic carbocycles. The Morgan fingerprint density at radius 3 is 2.36 bits per heavy atom. The highest BCUT2D eigenvalue weighted by Crippen LogP contribution is 2.30. The molecule has 174 valence electrons. The number of benzene rings is 3. The molecule has 0 radical (unpaired) electrons. The van der Waals surface area contributed by atoms with Crippen molar-refractivity contribution in [1.82, 2.24) is 5.32 Å². The molecule has 1 amide bonds. The van der Waals surface area contributed by atoms with Crippen molar-refractivity contribution in [2.75, 3.05) is 10.8 Å². The summed E-state index contributed by atoms with van der Waals surface area (Å²) in [4.78, 5) is 12.7. The van der Waals surface area contributed by atoms with Gasteiger partial charge in [0.1, 0.15) is 6.54 Å². The molecule has 0 aliphatic carbocycles. The van der Waals surface area contributed by atoms with Crippen LogP contribution in [-0.2, 0) is 27.5 Å². The lowest BCUT2D eigenvalue weighted by Crippen LogP contribution is -2.41. The van der Waals surface area contributed by atoms with Crippen LogP contribution in [0.25, 0.3) is 0 Å². The van der Waals surface area contributed by atoms with Gasteiger partial charge in [0.2, 0.25) is 5.91 Å². The summed E-state index contributed by atoms with van der Waals surface area (Å²) in [5.74, 6) is -0.689. The number of carbonyl (C=O) groups is 1. The fourth-order valence-electron chi connectivity index (χ4n) is 3.12. The van der Waals surface area contributed by atoms with E-state index in [0.29, 0.717) is 5.56 Å². The van der Waals surface area contributed by atoms with Crippen molar-refractivity contribution in [3.8, 4) is 0 Å². The van der Waals surface area contributed by atoms with Crippen molar-refractivity contribution in [2.45, 2.75) is 24.5 Å². The second-order valence-electron chi connectivity index (χ2n) is 7.23. The van der Waals surface area contributed by atoms with E-state index < -0.39 is 34.2 Å². The zero-order valence-corrected chi connectivity index (χ0v) is 19.0. The molecule has 33 heavy (non-hydrogen) atoms. The third-order valence-electron chi connectivity index (χ3n) is 4.80. The molecule has 0 heterocycles. The van der Waals surface area contributed by atoms with Crippen molar-refractivity contribution >= 4 is 33.2 Å². The van der Waals surface area contributed by atoms with E-state index in [1.165, 1.54) is 30.3 Å². The van der Waals surface area contributed by atoms with Crippen LogP contribution in [0.1, 0.15) is 16.7 Å². The maximum atomic E-state index is 13.3. The van der Waals surface area contributed by atoms with Crippen LogP contribution in [0.15, 0.2) is 77.7 Å². The van der Waals surface area contributed by atoms with Gasteiger partial charge in [-0.15, -0.1) is 0 Å². The first-order valence-electron chi connectivity index (χ1n) is 9.75. The number of nitrogens with one attached hydrogen (secondary N) is 1. The van der Waals surface area contributed by atoms with E-state index in [0.717, 1.165) is 16.4 Å². The minimum atomic E-state index is -4.51. The number of anilines is 1. The number of halogens is 4. The zero-order chi connectivity index (χ0) is 24.2. The molecule has 0 atom stereocenters. The van der Waals surface area contributed by atoms with Crippen LogP contribution in [0, 0.1) is 6.92 Å². The third kappa shape index (κ3) is 6.06. The van der Waals surface area contributed by atoms with Gasteiger partial charge in [-0.25, -0.2) is 8.42 Å². The second kappa shape index (κ2) is 9.84. The van der Waals surface area contributed by atoms with Crippen molar-refractivity contribution in [3.05, 3.63) is 94.5 Å². The van der Waals surface area contributed by atoms with E-state index in [1.54, 1.807) is 37.3 Å². The van der Waals surface area contributed by atoms with Crippen LogP contribution in [0.4, 0.5) is 18.9 Å². The number of aryl methyl sites for hydroxylation is 1. The molecule has 3 rings (SSSR count). The summed E-state index contributed by atoms with van der Waals surface area (Å²) < 4.78 is 66.4. The van der Waals surface area contributed by atoms with Crippen molar-refractivity contribution < 1.29 is 26.4 Å². The van der Waals surface area contributed by atoms with E-state index in [1.807, 2.05) is 0 Å². The van der Waals surface area contributed by atoms with Gasteiger partial charge in [0.15, 0.2) is 0 Å². The normalized spacial score (nSPS) is 11.8.